The Hall–Kier alpha value is -2.06. The highest BCUT2D eigenvalue weighted by Crippen LogP contribution is 2.43. The molecule has 1 saturated heterocycles. The van der Waals surface area contributed by atoms with E-state index in [2.05, 4.69) is 25.7 Å². The highest BCUT2D eigenvalue weighted by molar-refractivity contribution is 7.15. The summed E-state index contributed by atoms with van der Waals surface area (Å²) in [6.45, 7) is 7.44. The van der Waals surface area contributed by atoms with Gasteiger partial charge in [0.2, 0.25) is 0 Å². The van der Waals surface area contributed by atoms with E-state index in [1.807, 2.05) is 36.5 Å². The first-order valence-electron chi connectivity index (χ1n) is 10.8. The zero-order valence-electron chi connectivity index (χ0n) is 17.5. The number of rotatable bonds is 3. The Kier molecular flexibility index (Phi) is 4.94. The molecule has 8 heteroatoms. The molecule has 0 amide bonds. The van der Waals surface area contributed by atoms with Gasteiger partial charge in [-0.2, -0.15) is 0 Å². The number of benzene rings is 1. The van der Waals surface area contributed by atoms with Crippen molar-refractivity contribution in [3.63, 3.8) is 0 Å². The number of nitrogens with zero attached hydrogens (tertiary/aromatic N) is 5. The molecular weight excluding hydrogens is 430 g/mol. The number of aromatic nitrogens is 3. The quantitative estimate of drug-likeness (QED) is 0.607. The third-order valence-corrected chi connectivity index (χ3v) is 8.07. The van der Waals surface area contributed by atoms with E-state index in [1.165, 1.54) is 21.0 Å². The zero-order valence-corrected chi connectivity index (χ0v) is 19.0. The van der Waals surface area contributed by atoms with Gasteiger partial charge in [-0.15, -0.1) is 21.5 Å². The summed E-state index contributed by atoms with van der Waals surface area (Å²) in [5.74, 6) is 2.45. The zero-order chi connectivity index (χ0) is 20.9. The molecule has 3 aliphatic rings. The van der Waals surface area contributed by atoms with Crippen LogP contribution >= 0.6 is 22.9 Å². The average molecular weight is 454 g/mol. The van der Waals surface area contributed by atoms with Gasteiger partial charge in [-0.1, -0.05) is 29.8 Å². The van der Waals surface area contributed by atoms with Gasteiger partial charge in [0.15, 0.2) is 5.82 Å². The maximum absolute atomic E-state index is 6.64. The minimum absolute atomic E-state index is 0.509. The standard InChI is InChI=1S/C23H24ClN5OS/c1-14-26-27-20-12-25-22(16-4-2-3-5-18(16)24)21-17-10-15(13-28-6-8-30-9-7-28)11-19(17)31-23(21)29(14)20/h2-5,15H,6-13H2,1H3. The van der Waals surface area contributed by atoms with Gasteiger partial charge < -0.3 is 4.74 Å². The van der Waals surface area contributed by atoms with Crippen molar-refractivity contribution in [1.82, 2.24) is 19.7 Å². The summed E-state index contributed by atoms with van der Waals surface area (Å²) in [7, 11) is 0. The second-order valence-corrected chi connectivity index (χ2v) is 10.0. The minimum Gasteiger partial charge on any atom is -0.379 e. The van der Waals surface area contributed by atoms with E-state index in [4.69, 9.17) is 21.3 Å². The average Bonchev–Trinajstić information content (AvgIpc) is 3.40. The fourth-order valence-corrected chi connectivity index (χ4v) is 6.79. The van der Waals surface area contributed by atoms with Crippen molar-refractivity contribution in [3.05, 3.63) is 62.5 Å². The largest absolute Gasteiger partial charge is 0.379 e. The number of hydrogen-bond acceptors (Lipinski definition) is 6. The summed E-state index contributed by atoms with van der Waals surface area (Å²) in [5, 5.41) is 10.7. The minimum atomic E-state index is 0.509. The first kappa shape index (κ1) is 19.6. The number of aryl methyl sites for hydroxylation is 1. The predicted molar refractivity (Wildman–Crippen MR) is 123 cm³/mol. The second-order valence-electron chi connectivity index (χ2n) is 8.51. The first-order chi connectivity index (χ1) is 15.2. The molecule has 0 saturated carbocycles. The van der Waals surface area contributed by atoms with Gasteiger partial charge in [0.1, 0.15) is 17.4 Å². The van der Waals surface area contributed by atoms with Gasteiger partial charge in [0, 0.05) is 40.7 Å². The molecule has 2 aromatic heterocycles. The summed E-state index contributed by atoms with van der Waals surface area (Å²) < 4.78 is 7.73. The Morgan fingerprint density at radius 3 is 2.84 bits per heavy atom. The van der Waals surface area contributed by atoms with E-state index in [0.717, 1.165) is 73.6 Å². The summed E-state index contributed by atoms with van der Waals surface area (Å²) in [6.07, 6.45) is 2.20. The van der Waals surface area contributed by atoms with Crippen molar-refractivity contribution in [1.29, 1.82) is 0 Å². The van der Waals surface area contributed by atoms with Crippen molar-refractivity contribution in [2.75, 3.05) is 32.8 Å². The summed E-state index contributed by atoms with van der Waals surface area (Å²) in [5.41, 5.74) is 4.67. The molecule has 0 radical (unpaired) electrons. The van der Waals surface area contributed by atoms with E-state index < -0.39 is 0 Å². The van der Waals surface area contributed by atoms with Crippen LogP contribution in [0.2, 0.25) is 5.02 Å². The third kappa shape index (κ3) is 3.35. The molecule has 0 N–H and O–H groups in total. The van der Waals surface area contributed by atoms with Crippen LogP contribution in [0.3, 0.4) is 0 Å². The Bertz CT molecular complexity index is 1180. The number of aliphatic imine (C=N–C) groups is 1. The summed E-state index contributed by atoms with van der Waals surface area (Å²) >= 11 is 8.52. The van der Waals surface area contributed by atoms with Crippen LogP contribution in [0.5, 0.6) is 0 Å². The van der Waals surface area contributed by atoms with E-state index >= 15 is 0 Å². The molecular formula is C23H24ClN5OS. The fourth-order valence-electron chi connectivity index (χ4n) is 5.06. The molecule has 2 aliphatic heterocycles. The lowest BCUT2D eigenvalue weighted by molar-refractivity contribution is 0.0313. The molecule has 6 rings (SSSR count). The monoisotopic (exact) mass is 453 g/mol. The van der Waals surface area contributed by atoms with Crippen LogP contribution in [-0.2, 0) is 24.1 Å². The van der Waals surface area contributed by atoms with Crippen molar-refractivity contribution in [2.24, 2.45) is 10.9 Å². The molecule has 4 heterocycles. The summed E-state index contributed by atoms with van der Waals surface area (Å²) in [6, 6.07) is 8.03. The first-order valence-corrected chi connectivity index (χ1v) is 12.0. The van der Waals surface area contributed by atoms with Crippen LogP contribution in [0.1, 0.15) is 33.2 Å². The van der Waals surface area contributed by atoms with E-state index in [9.17, 15) is 0 Å². The number of hydrogen-bond donors (Lipinski definition) is 0. The molecule has 1 aromatic carbocycles. The van der Waals surface area contributed by atoms with Crippen LogP contribution in [0.25, 0.3) is 5.00 Å². The number of fused-ring (bicyclic) bond motifs is 5. The van der Waals surface area contributed by atoms with Crippen LogP contribution in [-0.4, -0.2) is 58.2 Å². The van der Waals surface area contributed by atoms with Crippen molar-refractivity contribution < 1.29 is 4.74 Å². The molecule has 6 nitrogen and oxygen atoms in total. The molecule has 0 bridgehead atoms. The smallest absolute Gasteiger partial charge is 0.160 e. The Morgan fingerprint density at radius 2 is 2.00 bits per heavy atom. The highest BCUT2D eigenvalue weighted by Gasteiger charge is 2.35. The predicted octanol–water partition coefficient (Wildman–Crippen LogP) is 3.69. The number of morpholine rings is 1. The maximum Gasteiger partial charge on any atom is 0.160 e. The SMILES string of the molecule is Cc1nnc2n1-c1sc3c(c1C(c1ccccc1Cl)=NC2)CC(CN1CCOCC1)C3. The number of ether oxygens (including phenoxy) is 1. The van der Waals surface area contributed by atoms with Crippen LogP contribution in [0.15, 0.2) is 29.3 Å². The van der Waals surface area contributed by atoms with Crippen molar-refractivity contribution in [2.45, 2.75) is 26.3 Å². The van der Waals surface area contributed by atoms with E-state index in [1.54, 1.807) is 0 Å². The highest BCUT2D eigenvalue weighted by atomic mass is 35.5. The number of thiophene rings is 1. The Labute approximate surface area is 190 Å². The van der Waals surface area contributed by atoms with Crippen LogP contribution in [0.4, 0.5) is 0 Å². The van der Waals surface area contributed by atoms with Crippen molar-refractivity contribution >= 4 is 28.6 Å². The molecule has 1 aliphatic carbocycles. The van der Waals surface area contributed by atoms with Gasteiger partial charge in [-0.05, 0) is 37.3 Å². The lowest BCUT2D eigenvalue weighted by Gasteiger charge is -2.29. The van der Waals surface area contributed by atoms with Gasteiger partial charge in [-0.3, -0.25) is 14.5 Å². The Morgan fingerprint density at radius 1 is 1.16 bits per heavy atom. The second kappa shape index (κ2) is 7.81. The molecule has 1 fully saturated rings. The van der Waals surface area contributed by atoms with Crippen LogP contribution in [0, 0.1) is 12.8 Å². The molecule has 1 unspecified atom stereocenters. The van der Waals surface area contributed by atoms with Crippen molar-refractivity contribution in [3.8, 4) is 5.00 Å². The summed E-state index contributed by atoms with van der Waals surface area (Å²) in [4.78, 5) is 9.06. The van der Waals surface area contributed by atoms with E-state index in [-0.39, 0.29) is 0 Å². The normalized spacial score (nSPS) is 20.7. The number of halogens is 1. The molecule has 1 atom stereocenters. The molecule has 31 heavy (non-hydrogen) atoms. The van der Waals surface area contributed by atoms with E-state index in [0.29, 0.717) is 12.5 Å². The topological polar surface area (TPSA) is 55.5 Å². The van der Waals surface area contributed by atoms with Gasteiger partial charge in [0.25, 0.3) is 0 Å². The van der Waals surface area contributed by atoms with Gasteiger partial charge >= 0.3 is 0 Å². The van der Waals surface area contributed by atoms with Gasteiger partial charge in [-0.25, -0.2) is 0 Å². The lowest BCUT2D eigenvalue weighted by atomic mass is 9.97. The third-order valence-electron chi connectivity index (χ3n) is 6.50. The molecule has 160 valence electrons. The lowest BCUT2D eigenvalue weighted by Crippen LogP contribution is -2.39. The fraction of sp³-hybridized carbons (Fsp3) is 0.435. The van der Waals surface area contributed by atoms with Crippen LogP contribution < -0.4 is 0 Å². The molecule has 3 aromatic rings. The maximum atomic E-state index is 6.64. The Balaban J connectivity index is 1.43. The van der Waals surface area contributed by atoms with Gasteiger partial charge in [0.05, 0.1) is 18.9 Å². The molecule has 0 spiro atoms.